The normalized spacial score (nSPS) is 10.7. The molecule has 2 radical (unpaired) electrons. The van der Waals surface area contributed by atoms with Crippen molar-refractivity contribution in [3.63, 3.8) is 0 Å². The summed E-state index contributed by atoms with van der Waals surface area (Å²) < 4.78 is 0. The predicted molar refractivity (Wildman–Crippen MR) is 95.6 cm³/mol. The van der Waals surface area contributed by atoms with E-state index in [1.165, 1.54) is 70.6 Å². The second kappa shape index (κ2) is 20.1. The fourth-order valence-corrected chi connectivity index (χ4v) is 2.35. The summed E-state index contributed by atoms with van der Waals surface area (Å²) in [6.07, 6.45) is 21.2. The number of carbonyl (C=O) groups is 1. The number of hydrogen-bond donors (Lipinski definition) is 1. The van der Waals surface area contributed by atoms with E-state index in [0.717, 1.165) is 12.8 Å². The Kier molecular flexibility index (Phi) is 22.4. The Morgan fingerprint density at radius 3 is 1.67 bits per heavy atom. The van der Waals surface area contributed by atoms with Crippen molar-refractivity contribution < 1.29 is 9.90 Å². The van der Waals surface area contributed by atoms with Gasteiger partial charge in [0.05, 0.1) is 0 Å². The topological polar surface area (TPSA) is 37.3 Å². The molecule has 0 spiro atoms. The average Bonchev–Trinajstić information content (AvgIpc) is 2.43. The summed E-state index contributed by atoms with van der Waals surface area (Å²) in [6.45, 7) is 2.26. The van der Waals surface area contributed by atoms with Crippen molar-refractivity contribution in [3.05, 3.63) is 12.2 Å². The average molecular weight is 492 g/mol. The van der Waals surface area contributed by atoms with Crippen LogP contribution in [0.4, 0.5) is 0 Å². The molecule has 1 N–H and O–H groups in total. The van der Waals surface area contributed by atoms with E-state index in [1.807, 2.05) is 0 Å². The molecule has 0 bridgehead atoms. The molecule has 0 aliphatic heterocycles. The molecule has 0 aliphatic carbocycles. The zero-order valence-electron chi connectivity index (χ0n) is 14.1. The Bertz CT molecular complexity index is 239. The Hall–Kier alpha value is 0.132. The first kappa shape index (κ1) is 23.4. The van der Waals surface area contributed by atoms with Crippen molar-refractivity contribution in [3.8, 4) is 0 Å². The fourth-order valence-electron chi connectivity index (χ4n) is 2.35. The molecule has 3 heteroatoms. The van der Waals surface area contributed by atoms with E-state index < -0.39 is 5.97 Å². The summed E-state index contributed by atoms with van der Waals surface area (Å²) in [4.78, 5) is 10.3. The van der Waals surface area contributed by atoms with Crippen molar-refractivity contribution in [2.24, 2.45) is 0 Å². The van der Waals surface area contributed by atoms with Gasteiger partial charge >= 0.3 is 33.3 Å². The van der Waals surface area contributed by atoms with Crippen LogP contribution in [-0.2, 0) is 4.79 Å². The molecule has 21 heavy (non-hydrogen) atoms. The molecule has 124 valence electrons. The van der Waals surface area contributed by atoms with Crippen LogP contribution in [0, 0.1) is 0 Å². The van der Waals surface area contributed by atoms with Gasteiger partial charge in [-0.05, 0) is 32.1 Å². The summed E-state index contributed by atoms with van der Waals surface area (Å²) in [5.74, 6) is -0.664. The van der Waals surface area contributed by atoms with Gasteiger partial charge in [0.2, 0.25) is 0 Å². The van der Waals surface area contributed by atoms with E-state index in [9.17, 15) is 4.79 Å². The predicted octanol–water partition coefficient (Wildman–Crippen LogP) is 5.19. The van der Waals surface area contributed by atoms with Crippen LogP contribution in [-0.4, -0.2) is 38.4 Å². The Morgan fingerprint density at radius 2 is 1.19 bits per heavy atom. The van der Waals surface area contributed by atoms with Gasteiger partial charge in [-0.2, -0.15) is 0 Å². The number of allylic oxidation sites excluding steroid dienone is 2. The first-order valence-electron chi connectivity index (χ1n) is 8.64. The van der Waals surface area contributed by atoms with Gasteiger partial charge in [0.15, 0.2) is 0 Å². The third kappa shape index (κ3) is 22.6. The Labute approximate surface area is 151 Å². The van der Waals surface area contributed by atoms with Gasteiger partial charge < -0.3 is 5.11 Å². The molecule has 0 amide bonds. The van der Waals surface area contributed by atoms with Crippen molar-refractivity contribution >= 4 is 33.3 Å². The molecule has 2 nitrogen and oxygen atoms in total. The number of rotatable bonds is 15. The minimum absolute atomic E-state index is 0. The summed E-state index contributed by atoms with van der Waals surface area (Å²) in [6, 6.07) is 0. The van der Waals surface area contributed by atoms with Crippen LogP contribution in [0.25, 0.3) is 0 Å². The SMILES string of the molecule is CCCCCCCC/C=C\CCCCCCCC(=O)O.[PbH2]. The van der Waals surface area contributed by atoms with Gasteiger partial charge in [0, 0.05) is 6.42 Å². The molecular formula is C18H36O2Pb. The molecule has 0 saturated carbocycles. The van der Waals surface area contributed by atoms with Gasteiger partial charge in [-0.15, -0.1) is 0 Å². The van der Waals surface area contributed by atoms with Crippen LogP contribution in [0.2, 0.25) is 0 Å². The van der Waals surface area contributed by atoms with Crippen molar-refractivity contribution in [1.82, 2.24) is 0 Å². The van der Waals surface area contributed by atoms with E-state index in [4.69, 9.17) is 5.11 Å². The Balaban J connectivity index is 0. The van der Waals surface area contributed by atoms with Gasteiger partial charge in [-0.25, -0.2) is 0 Å². The van der Waals surface area contributed by atoms with E-state index in [0.29, 0.717) is 6.42 Å². The maximum atomic E-state index is 10.3. The molecule has 0 fully saturated rings. The van der Waals surface area contributed by atoms with E-state index in [2.05, 4.69) is 19.1 Å². The Morgan fingerprint density at radius 1 is 0.762 bits per heavy atom. The molecule has 0 saturated heterocycles. The molecular weight excluding hydrogens is 455 g/mol. The maximum absolute atomic E-state index is 10.3. The summed E-state index contributed by atoms with van der Waals surface area (Å²) in [7, 11) is 0. The van der Waals surface area contributed by atoms with Crippen LogP contribution >= 0.6 is 0 Å². The standard InChI is InChI=1S/C18H34O2.Pb.2H/c1-2-3-4-5-6-7-8-9-10-11-12-13-14-15-16-17-18(19)20;;;/h9-10H,2-8,11-17H2,1H3,(H,19,20);;;/b10-9-;;;. The second-order valence-electron chi connectivity index (χ2n) is 5.73. The third-order valence-electron chi connectivity index (χ3n) is 3.65. The number of carboxylic acids is 1. The van der Waals surface area contributed by atoms with Gasteiger partial charge in [-0.1, -0.05) is 70.4 Å². The minimum atomic E-state index is -0.664. The van der Waals surface area contributed by atoms with Crippen LogP contribution in [0.15, 0.2) is 12.2 Å². The van der Waals surface area contributed by atoms with Crippen molar-refractivity contribution in [2.75, 3.05) is 0 Å². The molecule has 0 heterocycles. The first-order valence-corrected chi connectivity index (χ1v) is 8.64. The number of hydrogen-bond acceptors (Lipinski definition) is 1. The molecule has 0 aromatic heterocycles. The van der Waals surface area contributed by atoms with Gasteiger partial charge in [0.25, 0.3) is 0 Å². The van der Waals surface area contributed by atoms with Gasteiger partial charge in [0.1, 0.15) is 0 Å². The van der Waals surface area contributed by atoms with Crippen LogP contribution in [0.5, 0.6) is 0 Å². The zero-order valence-corrected chi connectivity index (χ0v) is 19.6. The van der Waals surface area contributed by atoms with Crippen LogP contribution in [0.3, 0.4) is 0 Å². The number of unbranched alkanes of at least 4 members (excludes halogenated alkanes) is 11. The van der Waals surface area contributed by atoms with E-state index in [1.54, 1.807) is 0 Å². The van der Waals surface area contributed by atoms with Crippen LogP contribution in [0.1, 0.15) is 96.8 Å². The second-order valence-corrected chi connectivity index (χ2v) is 5.73. The van der Waals surface area contributed by atoms with E-state index >= 15 is 0 Å². The molecule has 0 aromatic rings. The van der Waals surface area contributed by atoms with Crippen molar-refractivity contribution in [1.29, 1.82) is 0 Å². The summed E-state index contributed by atoms with van der Waals surface area (Å²) >= 11 is 0. The quantitative estimate of drug-likeness (QED) is 0.194. The molecule has 0 rings (SSSR count). The number of aliphatic carboxylic acids is 1. The molecule has 0 atom stereocenters. The molecule has 0 unspecified atom stereocenters. The van der Waals surface area contributed by atoms with Gasteiger partial charge in [-0.3, -0.25) is 4.79 Å². The first-order chi connectivity index (χ1) is 9.77. The number of carboxylic acid groups (broad SMARTS) is 1. The fraction of sp³-hybridized carbons (Fsp3) is 0.833. The monoisotopic (exact) mass is 492 g/mol. The van der Waals surface area contributed by atoms with Crippen molar-refractivity contribution in [2.45, 2.75) is 96.8 Å². The third-order valence-corrected chi connectivity index (χ3v) is 3.65. The van der Waals surface area contributed by atoms with E-state index in [-0.39, 0.29) is 27.3 Å². The van der Waals surface area contributed by atoms with Crippen LogP contribution < -0.4 is 0 Å². The molecule has 0 aliphatic rings. The summed E-state index contributed by atoms with van der Waals surface area (Å²) in [5.41, 5.74) is 0. The molecule has 0 aromatic carbocycles. The summed E-state index contributed by atoms with van der Waals surface area (Å²) in [5, 5.41) is 8.51. The zero-order chi connectivity index (χ0) is 14.9.